The number of hydrogen-bond acceptors (Lipinski definition) is 7. The molecule has 0 fully saturated rings. The summed E-state index contributed by atoms with van der Waals surface area (Å²) in [7, 11) is 1.23. The Balaban J connectivity index is 1.58. The summed E-state index contributed by atoms with van der Waals surface area (Å²) in [5.41, 5.74) is 2.36. The fraction of sp³-hybridized carbons (Fsp3) is 0.349. The summed E-state index contributed by atoms with van der Waals surface area (Å²) in [6, 6.07) is 6.15. The van der Waals surface area contributed by atoms with Gasteiger partial charge in [-0.3, -0.25) is 24.1 Å². The molecule has 308 valence electrons. The minimum atomic E-state index is -5.17. The first-order valence-electron chi connectivity index (χ1n) is 18.8. The molecule has 7 rings (SSSR count). The van der Waals surface area contributed by atoms with Crippen molar-refractivity contribution in [2.45, 2.75) is 91.5 Å². The van der Waals surface area contributed by atoms with E-state index in [2.05, 4.69) is 9.97 Å². The number of halogens is 6. The van der Waals surface area contributed by atoms with E-state index in [0.29, 0.717) is 74.1 Å². The molecule has 3 aromatic rings. The third-order valence-corrected chi connectivity index (χ3v) is 11.5. The number of amides is 2. The number of carbonyl (C=O) groups excluding carboxylic acids is 4. The molecule has 16 heteroatoms. The number of alkyl halides is 6. The molecule has 59 heavy (non-hydrogen) atoms. The molecular formula is C43H39F6N5O5. The number of aryl methyl sites for hydroxylation is 1. The van der Waals surface area contributed by atoms with Crippen molar-refractivity contribution >= 4 is 56.9 Å². The van der Waals surface area contributed by atoms with Gasteiger partial charge in [0, 0.05) is 40.7 Å². The number of H-pyrrole nitrogens is 2. The zero-order valence-corrected chi connectivity index (χ0v) is 33.1. The number of rotatable bonds is 7. The van der Waals surface area contributed by atoms with Gasteiger partial charge in [0.15, 0.2) is 5.78 Å². The second kappa shape index (κ2) is 14.6. The number of allylic oxidation sites excluding steroid dienone is 4. The highest BCUT2D eigenvalue weighted by Gasteiger charge is 2.42. The third-order valence-electron chi connectivity index (χ3n) is 11.5. The summed E-state index contributed by atoms with van der Waals surface area (Å²) < 4.78 is 88.5. The highest BCUT2D eigenvalue weighted by Crippen LogP contribution is 2.45. The molecule has 2 aromatic heterocycles. The monoisotopic (exact) mass is 819 g/mol. The number of nitrogens with one attached hydrogen (secondary N) is 2. The van der Waals surface area contributed by atoms with Crippen molar-refractivity contribution in [3.8, 4) is 0 Å². The molecule has 8 bridgehead atoms. The number of methoxy groups -OCH3 is 1. The van der Waals surface area contributed by atoms with Crippen molar-refractivity contribution in [1.29, 1.82) is 0 Å². The summed E-state index contributed by atoms with van der Waals surface area (Å²) in [5, 5.41) is 0. The van der Waals surface area contributed by atoms with E-state index in [1.165, 1.54) is 14.0 Å². The van der Waals surface area contributed by atoms with Crippen molar-refractivity contribution in [1.82, 2.24) is 24.8 Å². The van der Waals surface area contributed by atoms with Gasteiger partial charge >= 0.3 is 18.3 Å². The zero-order valence-electron chi connectivity index (χ0n) is 33.1. The Labute approximate surface area is 334 Å². The normalized spacial score (nSPS) is 17.5. The van der Waals surface area contributed by atoms with E-state index in [1.807, 2.05) is 20.8 Å². The van der Waals surface area contributed by atoms with Crippen molar-refractivity contribution in [3.63, 3.8) is 0 Å². The Morgan fingerprint density at radius 1 is 0.814 bits per heavy atom. The van der Waals surface area contributed by atoms with Gasteiger partial charge in [0.1, 0.15) is 0 Å². The minimum absolute atomic E-state index is 0.0127. The Morgan fingerprint density at radius 3 is 2.02 bits per heavy atom. The largest absolute Gasteiger partial charge is 0.469 e. The number of aromatic nitrogens is 4. The molecule has 6 heterocycles. The molecule has 0 spiro atoms. The van der Waals surface area contributed by atoms with E-state index in [4.69, 9.17) is 14.7 Å². The lowest BCUT2D eigenvalue weighted by atomic mass is 9.84. The molecule has 1 unspecified atom stereocenters. The van der Waals surface area contributed by atoms with Crippen LogP contribution >= 0.6 is 0 Å². The molecule has 0 saturated heterocycles. The molecule has 1 aromatic carbocycles. The fourth-order valence-corrected chi connectivity index (χ4v) is 8.41. The van der Waals surface area contributed by atoms with Crippen LogP contribution in [0.25, 0.3) is 33.3 Å². The van der Waals surface area contributed by atoms with E-state index in [1.54, 1.807) is 32.0 Å². The van der Waals surface area contributed by atoms with E-state index in [9.17, 15) is 45.5 Å². The van der Waals surface area contributed by atoms with E-state index in [-0.39, 0.29) is 47.0 Å². The van der Waals surface area contributed by atoms with Crippen LogP contribution in [0.4, 0.5) is 26.3 Å². The molecule has 4 aliphatic heterocycles. The van der Waals surface area contributed by atoms with Gasteiger partial charge in [-0.15, -0.1) is 0 Å². The highest BCUT2D eigenvalue weighted by atomic mass is 19.4. The van der Waals surface area contributed by atoms with Gasteiger partial charge in [0.2, 0.25) is 0 Å². The van der Waals surface area contributed by atoms with Crippen molar-refractivity contribution < 1.29 is 50.3 Å². The van der Waals surface area contributed by atoms with Crippen LogP contribution in [0.15, 0.2) is 36.4 Å². The van der Waals surface area contributed by atoms with Crippen molar-refractivity contribution in [2.75, 3.05) is 7.11 Å². The van der Waals surface area contributed by atoms with Crippen LogP contribution in [0.5, 0.6) is 0 Å². The third kappa shape index (κ3) is 7.11. The van der Waals surface area contributed by atoms with Gasteiger partial charge in [0.05, 0.1) is 64.2 Å². The number of ketones is 1. The van der Waals surface area contributed by atoms with Crippen molar-refractivity contribution in [3.05, 3.63) is 104 Å². The number of carbonyl (C=O) groups is 4. The van der Waals surface area contributed by atoms with E-state index < -0.39 is 65.2 Å². The standard InChI is InChI=1S/C43H39F6N5O5/c1-8-26-18(2)28-16-33-35(22(6)55)20(4)30(51-33)14-29-19(3)27(9-10-34(56)59-7)38(52-29)37-39-36(21(5)31(53-39)15-32(26)50-28)40(57)54(41(37)58)17-23-11-24(42(44,45)46)13-25(12-23)43(47,48)49/h11-16,19,27,52-53H,8-10,17H2,1-7H3/t19?,27-/m0/s1. The van der Waals surface area contributed by atoms with Crippen LogP contribution in [0.2, 0.25) is 0 Å². The molecule has 4 aliphatic rings. The highest BCUT2D eigenvalue weighted by molar-refractivity contribution is 6.27. The fourth-order valence-electron chi connectivity index (χ4n) is 8.41. The zero-order chi connectivity index (χ0) is 43.0. The Hall–Kier alpha value is -6.06. The Morgan fingerprint density at radius 2 is 1.42 bits per heavy atom. The molecule has 10 nitrogen and oxygen atoms in total. The number of hydrogen-bond donors (Lipinski definition) is 2. The molecule has 2 atom stereocenters. The van der Waals surface area contributed by atoms with Gasteiger partial charge in [0.25, 0.3) is 11.8 Å². The number of aromatic amines is 2. The smallest absolute Gasteiger partial charge is 0.416 e. The predicted molar refractivity (Wildman–Crippen MR) is 206 cm³/mol. The SMILES string of the molecule is CCC1=C(C)c2cc3nc(cc4[nH]c(c5c6[nH]c(cc1n2)c(C)c6C(=O)N(Cc1cc(C(F)(F)F)cc(C(F)(F)F)c1)C5=O)[C@@H](CCC(=O)OC)C4C)C(C)=C3C(C)=O. The number of benzene rings is 1. The number of ether oxygens (including phenoxy) is 1. The minimum Gasteiger partial charge on any atom is -0.469 e. The number of esters is 1. The second-order valence-electron chi connectivity index (χ2n) is 15.1. The molecular weight excluding hydrogens is 780 g/mol. The first kappa shape index (κ1) is 41.1. The van der Waals surface area contributed by atoms with Crippen LogP contribution in [-0.4, -0.2) is 55.5 Å². The summed E-state index contributed by atoms with van der Waals surface area (Å²) >= 11 is 0. The van der Waals surface area contributed by atoms with Gasteiger partial charge in [-0.05, 0) is 105 Å². The number of nitrogens with zero attached hydrogens (tertiary/aromatic N) is 3. The van der Waals surface area contributed by atoms with Gasteiger partial charge in [-0.25, -0.2) is 9.97 Å². The predicted octanol–water partition coefficient (Wildman–Crippen LogP) is 9.88. The average Bonchev–Trinajstić information content (AvgIpc) is 3.84. The topological polar surface area (TPSA) is 138 Å². The van der Waals surface area contributed by atoms with Crippen LogP contribution in [0, 0.1) is 6.92 Å². The summed E-state index contributed by atoms with van der Waals surface area (Å²) in [5.74, 6) is -3.75. The summed E-state index contributed by atoms with van der Waals surface area (Å²) in [6.45, 7) is 9.58. The van der Waals surface area contributed by atoms with Gasteiger partial charge in [-0.1, -0.05) is 13.8 Å². The number of imide groups is 1. The molecule has 0 radical (unpaired) electrons. The molecule has 2 amide bonds. The first-order chi connectivity index (χ1) is 27.6. The lowest BCUT2D eigenvalue weighted by molar-refractivity contribution is -0.143. The van der Waals surface area contributed by atoms with Crippen LogP contribution in [0.3, 0.4) is 0 Å². The van der Waals surface area contributed by atoms with Crippen LogP contribution < -0.4 is 0 Å². The molecule has 2 N–H and O–H groups in total. The van der Waals surface area contributed by atoms with Crippen molar-refractivity contribution in [2.24, 2.45) is 0 Å². The van der Waals surface area contributed by atoms with Crippen LogP contribution in [0.1, 0.15) is 143 Å². The lowest BCUT2D eigenvalue weighted by Gasteiger charge is -2.28. The molecule has 0 saturated carbocycles. The second-order valence-corrected chi connectivity index (χ2v) is 15.1. The number of fused-ring (bicyclic) bond motifs is 8. The Bertz CT molecular complexity index is 2610. The Kier molecular flexibility index (Phi) is 10.2. The first-order valence-corrected chi connectivity index (χ1v) is 18.8. The lowest BCUT2D eigenvalue weighted by Crippen LogP contribution is -2.40. The molecule has 0 aliphatic carbocycles. The maximum Gasteiger partial charge on any atom is 0.416 e. The quantitative estimate of drug-likeness (QED) is 0.138. The summed E-state index contributed by atoms with van der Waals surface area (Å²) in [4.78, 5) is 72.0. The van der Waals surface area contributed by atoms with E-state index >= 15 is 0 Å². The maximum atomic E-state index is 14.9. The van der Waals surface area contributed by atoms with Gasteiger partial charge in [-0.2, -0.15) is 26.3 Å². The number of Topliss-reactive ketones (excluding diaryl/α,β-unsaturated/α-hetero) is 1. The summed E-state index contributed by atoms with van der Waals surface area (Å²) in [6.07, 6.45) is -9.74. The van der Waals surface area contributed by atoms with Gasteiger partial charge < -0.3 is 14.7 Å². The van der Waals surface area contributed by atoms with Crippen LogP contribution in [-0.2, 0) is 33.2 Å². The maximum absolute atomic E-state index is 14.9. The average molecular weight is 820 g/mol. The van der Waals surface area contributed by atoms with E-state index in [0.717, 1.165) is 11.1 Å².